The molecule has 1 aliphatic rings. The Morgan fingerprint density at radius 1 is 1.12 bits per heavy atom. The lowest BCUT2D eigenvalue weighted by Crippen LogP contribution is -2.47. The predicted molar refractivity (Wildman–Crippen MR) is 137 cm³/mol. The van der Waals surface area contributed by atoms with Gasteiger partial charge in [0.25, 0.3) is 5.91 Å². The molecule has 3 aromatic rings. The highest BCUT2D eigenvalue weighted by Crippen LogP contribution is 2.38. The summed E-state index contributed by atoms with van der Waals surface area (Å²) in [6, 6.07) is 17.1. The number of nitrogens with zero attached hydrogens (tertiary/aromatic N) is 2. The van der Waals surface area contributed by atoms with E-state index in [9.17, 15) is 9.59 Å². The van der Waals surface area contributed by atoms with E-state index >= 15 is 0 Å². The number of amides is 2. The molecular formula is C27H29ClN2O3S. The van der Waals surface area contributed by atoms with Gasteiger partial charge in [0.15, 0.2) is 0 Å². The Hall–Kier alpha value is -2.67. The van der Waals surface area contributed by atoms with Crippen LogP contribution < -0.4 is 0 Å². The molecule has 1 aromatic heterocycles. The molecule has 0 radical (unpaired) electrons. The Balaban J connectivity index is 1.59. The largest absolute Gasteiger partial charge is 0.385 e. The van der Waals surface area contributed by atoms with Gasteiger partial charge < -0.3 is 14.5 Å². The number of thiophene rings is 1. The molecule has 0 bridgehead atoms. The summed E-state index contributed by atoms with van der Waals surface area (Å²) in [6.07, 6.45) is 1.48. The maximum Gasteiger partial charge on any atom is 0.254 e. The fourth-order valence-corrected chi connectivity index (χ4v) is 5.40. The number of methoxy groups -OCH3 is 1. The Bertz CT molecular complexity index is 1130. The average Bonchev–Trinajstić information content (AvgIpc) is 3.32. The molecule has 0 saturated heterocycles. The number of carbonyl (C=O) groups is 2. The molecule has 4 rings (SSSR count). The van der Waals surface area contributed by atoms with E-state index in [4.69, 9.17) is 16.3 Å². The van der Waals surface area contributed by atoms with Crippen LogP contribution in [0.15, 0.2) is 60.0 Å². The standard InChI is InChI=1S/C27H29ClN2O3S/c1-19-4-6-21(7-5-19)27(32)29(14-3-16-33-2)18-25(31)30-15-12-24-23(13-17-34-24)26(30)20-8-10-22(28)11-9-20/h4-11,13,17,26H,3,12,14-16,18H2,1-2H3. The first-order valence-corrected chi connectivity index (χ1v) is 12.7. The second kappa shape index (κ2) is 11.2. The van der Waals surface area contributed by atoms with Crippen molar-refractivity contribution in [3.05, 3.63) is 92.1 Å². The van der Waals surface area contributed by atoms with Crippen LogP contribution >= 0.6 is 22.9 Å². The van der Waals surface area contributed by atoms with Gasteiger partial charge in [0.05, 0.1) is 6.04 Å². The Morgan fingerprint density at radius 3 is 2.56 bits per heavy atom. The Kier molecular flexibility index (Phi) is 8.03. The minimum Gasteiger partial charge on any atom is -0.385 e. The lowest BCUT2D eigenvalue weighted by atomic mass is 9.93. The number of hydrogen-bond donors (Lipinski definition) is 0. The predicted octanol–water partition coefficient (Wildman–Crippen LogP) is 5.36. The maximum absolute atomic E-state index is 13.7. The Morgan fingerprint density at radius 2 is 1.85 bits per heavy atom. The zero-order valence-electron chi connectivity index (χ0n) is 19.5. The van der Waals surface area contributed by atoms with Crippen molar-refractivity contribution in [3.63, 3.8) is 0 Å². The number of fused-ring (bicyclic) bond motifs is 1. The first kappa shape index (κ1) is 24.5. The van der Waals surface area contributed by atoms with Gasteiger partial charge in [-0.2, -0.15) is 0 Å². The molecule has 178 valence electrons. The van der Waals surface area contributed by atoms with E-state index in [1.54, 1.807) is 23.3 Å². The zero-order chi connectivity index (χ0) is 24.1. The number of halogens is 1. The summed E-state index contributed by atoms with van der Waals surface area (Å²) < 4.78 is 5.19. The SMILES string of the molecule is COCCCN(CC(=O)N1CCc2sccc2C1c1ccc(Cl)cc1)C(=O)c1ccc(C)cc1. The zero-order valence-corrected chi connectivity index (χ0v) is 21.1. The molecule has 0 saturated carbocycles. The van der Waals surface area contributed by atoms with Crippen LogP contribution in [0.5, 0.6) is 0 Å². The van der Waals surface area contributed by atoms with E-state index in [1.165, 1.54) is 4.88 Å². The number of rotatable bonds is 8. The molecule has 1 aliphatic heterocycles. The molecule has 7 heteroatoms. The van der Waals surface area contributed by atoms with Crippen molar-refractivity contribution in [2.45, 2.75) is 25.8 Å². The van der Waals surface area contributed by atoms with Gasteiger partial charge in [-0.3, -0.25) is 9.59 Å². The summed E-state index contributed by atoms with van der Waals surface area (Å²) in [7, 11) is 1.64. The van der Waals surface area contributed by atoms with Gasteiger partial charge in [-0.15, -0.1) is 11.3 Å². The third-order valence-corrected chi connectivity index (χ3v) is 7.41. The number of ether oxygens (including phenoxy) is 1. The van der Waals surface area contributed by atoms with E-state index in [-0.39, 0.29) is 24.4 Å². The fourth-order valence-electron chi connectivity index (χ4n) is 4.37. The second-order valence-corrected chi connectivity index (χ2v) is 9.97. The van der Waals surface area contributed by atoms with Crippen LogP contribution in [0.3, 0.4) is 0 Å². The Labute approximate surface area is 209 Å². The van der Waals surface area contributed by atoms with E-state index in [1.807, 2.05) is 60.4 Å². The molecule has 2 heterocycles. The first-order valence-electron chi connectivity index (χ1n) is 11.4. The maximum atomic E-state index is 13.7. The van der Waals surface area contributed by atoms with Crippen molar-refractivity contribution in [1.29, 1.82) is 0 Å². The monoisotopic (exact) mass is 496 g/mol. The van der Waals surface area contributed by atoms with Crippen LogP contribution in [0.4, 0.5) is 0 Å². The molecule has 2 aromatic carbocycles. The van der Waals surface area contributed by atoms with Crippen molar-refractivity contribution in [1.82, 2.24) is 9.80 Å². The lowest BCUT2D eigenvalue weighted by molar-refractivity contribution is -0.134. The van der Waals surface area contributed by atoms with E-state index in [0.717, 1.165) is 23.1 Å². The van der Waals surface area contributed by atoms with Gasteiger partial charge in [0.2, 0.25) is 5.91 Å². The minimum atomic E-state index is -0.185. The van der Waals surface area contributed by atoms with Crippen LogP contribution in [-0.4, -0.2) is 55.0 Å². The van der Waals surface area contributed by atoms with E-state index in [0.29, 0.717) is 36.7 Å². The first-order chi connectivity index (χ1) is 16.5. The van der Waals surface area contributed by atoms with Crippen molar-refractivity contribution < 1.29 is 14.3 Å². The third-order valence-electron chi connectivity index (χ3n) is 6.16. The van der Waals surface area contributed by atoms with Crippen LogP contribution in [0, 0.1) is 6.92 Å². The van der Waals surface area contributed by atoms with Gasteiger partial charge in [0, 0.05) is 42.3 Å². The molecule has 2 amide bonds. The second-order valence-electron chi connectivity index (χ2n) is 8.53. The van der Waals surface area contributed by atoms with E-state index in [2.05, 4.69) is 11.4 Å². The average molecular weight is 497 g/mol. The summed E-state index contributed by atoms with van der Waals surface area (Å²) >= 11 is 7.86. The third kappa shape index (κ3) is 5.52. The highest BCUT2D eigenvalue weighted by atomic mass is 35.5. The van der Waals surface area contributed by atoms with Crippen molar-refractivity contribution in [2.75, 3.05) is 33.4 Å². The summed E-state index contributed by atoms with van der Waals surface area (Å²) in [4.78, 5) is 31.9. The van der Waals surface area contributed by atoms with Crippen molar-refractivity contribution >= 4 is 34.8 Å². The van der Waals surface area contributed by atoms with Crippen molar-refractivity contribution in [2.24, 2.45) is 0 Å². The lowest BCUT2D eigenvalue weighted by Gasteiger charge is -2.37. The van der Waals surface area contributed by atoms with Crippen LogP contribution in [0.2, 0.25) is 5.02 Å². The summed E-state index contributed by atoms with van der Waals surface area (Å²) in [5, 5.41) is 2.75. The van der Waals surface area contributed by atoms with Gasteiger partial charge >= 0.3 is 0 Å². The topological polar surface area (TPSA) is 49.9 Å². The molecule has 0 fully saturated rings. The molecule has 5 nitrogen and oxygen atoms in total. The molecule has 0 spiro atoms. The summed E-state index contributed by atoms with van der Waals surface area (Å²) in [5.74, 6) is -0.199. The molecule has 34 heavy (non-hydrogen) atoms. The fraction of sp³-hybridized carbons (Fsp3) is 0.333. The van der Waals surface area contributed by atoms with E-state index < -0.39 is 0 Å². The van der Waals surface area contributed by atoms with Crippen LogP contribution in [0.25, 0.3) is 0 Å². The van der Waals surface area contributed by atoms with Gasteiger partial charge in [-0.25, -0.2) is 0 Å². The van der Waals surface area contributed by atoms with Gasteiger partial charge in [-0.1, -0.05) is 41.4 Å². The smallest absolute Gasteiger partial charge is 0.254 e. The van der Waals surface area contributed by atoms with Crippen LogP contribution in [-0.2, 0) is 16.0 Å². The van der Waals surface area contributed by atoms with Crippen LogP contribution in [0.1, 0.15) is 44.4 Å². The molecule has 1 atom stereocenters. The minimum absolute atomic E-state index is 0.0278. The number of benzene rings is 2. The van der Waals surface area contributed by atoms with Crippen molar-refractivity contribution in [3.8, 4) is 0 Å². The molecule has 0 N–H and O–H groups in total. The van der Waals surface area contributed by atoms with Gasteiger partial charge in [-0.05, 0) is 66.6 Å². The molecular weight excluding hydrogens is 468 g/mol. The van der Waals surface area contributed by atoms with Gasteiger partial charge in [0.1, 0.15) is 6.54 Å². The quantitative estimate of drug-likeness (QED) is 0.394. The number of aryl methyl sites for hydroxylation is 1. The highest BCUT2D eigenvalue weighted by Gasteiger charge is 2.34. The molecule has 1 unspecified atom stereocenters. The molecule has 0 aliphatic carbocycles. The summed E-state index contributed by atoms with van der Waals surface area (Å²) in [6.45, 7) is 3.61. The summed E-state index contributed by atoms with van der Waals surface area (Å²) in [5.41, 5.74) is 3.85. The number of carbonyl (C=O) groups excluding carboxylic acids is 2. The number of hydrogen-bond acceptors (Lipinski definition) is 4. The normalized spacial score (nSPS) is 15.1. The highest BCUT2D eigenvalue weighted by molar-refractivity contribution is 7.10.